The molecule has 3 heterocycles. The molecule has 3 aromatic heterocycles. The molecule has 0 amide bonds. The summed E-state index contributed by atoms with van der Waals surface area (Å²) in [6, 6.07) is 93.2. The fourth-order valence-corrected chi connectivity index (χ4v) is 10.7. The first-order valence-corrected chi connectivity index (χ1v) is 23.4. The van der Waals surface area contributed by atoms with Gasteiger partial charge in [-0.15, -0.1) is 0 Å². The minimum atomic E-state index is -0.766. The second kappa shape index (κ2) is 16.6. The zero-order valence-corrected chi connectivity index (χ0v) is 37.6. The van der Waals surface area contributed by atoms with Crippen molar-refractivity contribution >= 4 is 43.6 Å². The molecule has 13 aromatic rings. The van der Waals surface area contributed by atoms with Gasteiger partial charge in [0, 0.05) is 49.6 Å². The minimum Gasteiger partial charge on any atom is -0.309 e. The lowest BCUT2D eigenvalue weighted by molar-refractivity contribution is 0.744. The molecule has 5 heteroatoms. The van der Waals surface area contributed by atoms with Crippen molar-refractivity contribution in [2.45, 2.75) is 5.41 Å². The van der Waals surface area contributed by atoms with Crippen molar-refractivity contribution in [3.8, 4) is 45.5 Å². The van der Waals surface area contributed by atoms with E-state index in [0.29, 0.717) is 17.5 Å². The quantitative estimate of drug-likeness (QED) is 0.136. The first-order chi connectivity index (χ1) is 34.2. The Balaban J connectivity index is 1.18. The third-order valence-corrected chi connectivity index (χ3v) is 13.7. The van der Waals surface area contributed by atoms with Gasteiger partial charge in [0.2, 0.25) is 0 Å². The van der Waals surface area contributed by atoms with Gasteiger partial charge >= 0.3 is 0 Å². The van der Waals surface area contributed by atoms with E-state index in [1.165, 1.54) is 27.1 Å². The van der Waals surface area contributed by atoms with E-state index in [1.807, 2.05) is 36.4 Å². The second-order valence-electron chi connectivity index (χ2n) is 17.6. The van der Waals surface area contributed by atoms with Crippen LogP contribution in [0.15, 0.2) is 261 Å². The van der Waals surface area contributed by atoms with Crippen LogP contribution in [-0.4, -0.2) is 24.1 Å². The zero-order valence-electron chi connectivity index (χ0n) is 37.6. The van der Waals surface area contributed by atoms with Gasteiger partial charge in [-0.1, -0.05) is 206 Å². The van der Waals surface area contributed by atoms with Gasteiger partial charge in [0.25, 0.3) is 0 Å². The number of nitrogens with zero attached hydrogens (tertiary/aromatic N) is 5. The van der Waals surface area contributed by atoms with Crippen LogP contribution < -0.4 is 0 Å². The van der Waals surface area contributed by atoms with Gasteiger partial charge in [0.15, 0.2) is 17.5 Å². The van der Waals surface area contributed by atoms with Gasteiger partial charge in [-0.2, -0.15) is 0 Å². The van der Waals surface area contributed by atoms with Gasteiger partial charge < -0.3 is 9.13 Å². The molecule has 0 spiro atoms. The molecule has 0 aliphatic carbocycles. The molecule has 10 aromatic carbocycles. The molecule has 0 N–H and O–H groups in total. The topological polar surface area (TPSA) is 48.5 Å². The first kappa shape index (κ1) is 40.1. The highest BCUT2D eigenvalue weighted by atomic mass is 15.0. The Morgan fingerprint density at radius 3 is 1.09 bits per heavy atom. The third kappa shape index (κ3) is 6.66. The fraction of sp³-hybridized carbons (Fsp3) is 0.0156. The summed E-state index contributed by atoms with van der Waals surface area (Å²) in [7, 11) is 0. The molecular weight excluding hydrogens is 839 g/mol. The molecule has 69 heavy (non-hydrogen) atoms. The maximum absolute atomic E-state index is 5.36. The largest absolute Gasteiger partial charge is 0.309 e. The highest BCUT2D eigenvalue weighted by Gasteiger charge is 2.39. The standard InChI is InChI=1S/C64H43N5/c1-7-23-44(24-8-1)61-65-62(45-25-9-2-10-26-45)67-63(66-61)46-39-50(64(47-27-11-3-12-28-47,48-29-13-4-14-30-48)49-31-15-5-16-32-49)41-52(40-46)69-58-38-22-20-36-54(58)56-42-55-53-35-19-21-37-57(53)68(59(55)43-60(56)69)51-33-17-6-18-34-51/h1-43H. The summed E-state index contributed by atoms with van der Waals surface area (Å²) in [5.41, 5.74) is 13.1. The Hall–Kier alpha value is -9.19. The van der Waals surface area contributed by atoms with Gasteiger partial charge in [0.1, 0.15) is 0 Å². The normalized spacial score (nSPS) is 11.8. The van der Waals surface area contributed by atoms with Crippen LogP contribution in [0.5, 0.6) is 0 Å². The van der Waals surface area contributed by atoms with Gasteiger partial charge in [-0.25, -0.2) is 15.0 Å². The number of benzene rings is 10. The molecular formula is C64H43N5. The summed E-state index contributed by atoms with van der Waals surface area (Å²) in [4.78, 5) is 15.8. The van der Waals surface area contributed by atoms with E-state index in [-0.39, 0.29) is 0 Å². The van der Waals surface area contributed by atoms with E-state index < -0.39 is 5.41 Å². The van der Waals surface area contributed by atoms with E-state index >= 15 is 0 Å². The number of hydrogen-bond acceptors (Lipinski definition) is 3. The summed E-state index contributed by atoms with van der Waals surface area (Å²) in [6.45, 7) is 0. The molecule has 0 bridgehead atoms. The first-order valence-electron chi connectivity index (χ1n) is 23.4. The predicted molar refractivity (Wildman–Crippen MR) is 283 cm³/mol. The highest BCUT2D eigenvalue weighted by Crippen LogP contribution is 2.48. The van der Waals surface area contributed by atoms with Crippen molar-refractivity contribution in [1.82, 2.24) is 24.1 Å². The van der Waals surface area contributed by atoms with Crippen LogP contribution in [0, 0.1) is 0 Å². The maximum atomic E-state index is 5.36. The molecule has 0 unspecified atom stereocenters. The van der Waals surface area contributed by atoms with E-state index in [4.69, 9.17) is 15.0 Å². The van der Waals surface area contributed by atoms with Crippen LogP contribution in [0.2, 0.25) is 0 Å². The molecule has 324 valence electrons. The van der Waals surface area contributed by atoms with Crippen molar-refractivity contribution in [2.75, 3.05) is 0 Å². The van der Waals surface area contributed by atoms with E-state index in [2.05, 4.69) is 234 Å². The zero-order chi connectivity index (χ0) is 45.7. The SMILES string of the molecule is c1ccc(-c2nc(-c3ccccc3)nc(-c3cc(-n4c5ccccc5c5cc6c7ccccc7n(-c7ccccc7)c6cc54)cc(C(c4ccccc4)(c4ccccc4)c4ccccc4)c3)n2)cc1. The Bertz CT molecular complexity index is 3820. The van der Waals surface area contributed by atoms with E-state index in [1.54, 1.807) is 0 Å². The Morgan fingerprint density at radius 1 is 0.246 bits per heavy atom. The Kier molecular flexibility index (Phi) is 9.65. The van der Waals surface area contributed by atoms with Crippen molar-refractivity contribution in [1.29, 1.82) is 0 Å². The molecule has 0 saturated heterocycles. The molecule has 0 aliphatic heterocycles. The van der Waals surface area contributed by atoms with Crippen LogP contribution in [0.25, 0.3) is 89.2 Å². The average Bonchev–Trinajstić information content (AvgIpc) is 3.94. The van der Waals surface area contributed by atoms with Crippen LogP contribution in [0.1, 0.15) is 22.3 Å². The summed E-state index contributed by atoms with van der Waals surface area (Å²) in [5.74, 6) is 1.81. The summed E-state index contributed by atoms with van der Waals surface area (Å²) in [6.07, 6.45) is 0. The van der Waals surface area contributed by atoms with Gasteiger partial charge in [-0.3, -0.25) is 0 Å². The molecule has 13 rings (SSSR count). The number of aromatic nitrogens is 5. The third-order valence-electron chi connectivity index (χ3n) is 13.7. The van der Waals surface area contributed by atoms with Gasteiger partial charge in [-0.05, 0) is 76.9 Å². The molecule has 0 saturated carbocycles. The van der Waals surface area contributed by atoms with E-state index in [9.17, 15) is 0 Å². The predicted octanol–water partition coefficient (Wildman–Crippen LogP) is 15.4. The monoisotopic (exact) mass is 881 g/mol. The van der Waals surface area contributed by atoms with Crippen LogP contribution >= 0.6 is 0 Å². The number of rotatable bonds is 9. The van der Waals surface area contributed by atoms with Crippen LogP contribution in [0.3, 0.4) is 0 Å². The summed E-state index contributed by atoms with van der Waals surface area (Å²) in [5, 5.41) is 4.79. The van der Waals surface area contributed by atoms with Crippen molar-refractivity contribution in [3.63, 3.8) is 0 Å². The lowest BCUT2D eigenvalue weighted by Crippen LogP contribution is -2.31. The molecule has 0 atom stereocenters. The van der Waals surface area contributed by atoms with Crippen LogP contribution in [0.4, 0.5) is 0 Å². The van der Waals surface area contributed by atoms with Crippen molar-refractivity contribution in [2.24, 2.45) is 0 Å². The Morgan fingerprint density at radius 2 is 0.623 bits per heavy atom. The number of fused-ring (bicyclic) bond motifs is 6. The van der Waals surface area contributed by atoms with Crippen molar-refractivity contribution in [3.05, 3.63) is 283 Å². The summed E-state index contributed by atoms with van der Waals surface area (Å²) < 4.78 is 4.85. The molecule has 0 aliphatic rings. The minimum absolute atomic E-state index is 0.584. The fourth-order valence-electron chi connectivity index (χ4n) is 10.7. The number of hydrogen-bond donors (Lipinski definition) is 0. The lowest BCUT2D eigenvalue weighted by atomic mass is 9.65. The lowest BCUT2D eigenvalue weighted by Gasteiger charge is -2.37. The van der Waals surface area contributed by atoms with Crippen LogP contribution in [-0.2, 0) is 5.41 Å². The smallest absolute Gasteiger partial charge is 0.164 e. The summed E-state index contributed by atoms with van der Waals surface area (Å²) >= 11 is 0. The van der Waals surface area contributed by atoms with Crippen molar-refractivity contribution < 1.29 is 0 Å². The Labute approximate surface area is 399 Å². The maximum Gasteiger partial charge on any atom is 0.164 e. The molecule has 0 fully saturated rings. The highest BCUT2D eigenvalue weighted by molar-refractivity contribution is 6.19. The second-order valence-corrected chi connectivity index (χ2v) is 17.6. The van der Waals surface area contributed by atoms with E-state index in [0.717, 1.165) is 66.9 Å². The van der Waals surface area contributed by atoms with Gasteiger partial charge in [0.05, 0.1) is 27.5 Å². The average molecular weight is 882 g/mol. The molecule has 5 nitrogen and oxygen atoms in total. The molecule has 0 radical (unpaired) electrons. The number of para-hydroxylation sites is 3.